The first-order valence-electron chi connectivity index (χ1n) is 7.19. The average molecular weight is 302 g/mol. The number of hydrogen-bond donors (Lipinski definition) is 0. The van der Waals surface area contributed by atoms with Gasteiger partial charge in [-0.3, -0.25) is 4.79 Å². The van der Waals surface area contributed by atoms with E-state index in [1.807, 2.05) is 48.2 Å². The van der Waals surface area contributed by atoms with Crippen LogP contribution < -0.4 is 4.90 Å². The van der Waals surface area contributed by atoms with Crippen LogP contribution in [-0.4, -0.2) is 31.4 Å². The number of carbonyl (C=O) groups excluding carboxylic acids is 1. The van der Waals surface area contributed by atoms with Crippen LogP contribution in [0, 0.1) is 0 Å². The second-order valence-electron chi connectivity index (χ2n) is 5.30. The van der Waals surface area contributed by atoms with E-state index < -0.39 is 0 Å². The number of rotatable bonds is 6. The van der Waals surface area contributed by atoms with Gasteiger partial charge in [0.1, 0.15) is 0 Å². The molecule has 0 fully saturated rings. The van der Waals surface area contributed by atoms with Gasteiger partial charge in [0.2, 0.25) is 0 Å². The van der Waals surface area contributed by atoms with Crippen molar-refractivity contribution >= 4 is 22.9 Å². The lowest BCUT2D eigenvalue weighted by molar-refractivity contribution is 0.0743. The van der Waals surface area contributed by atoms with Crippen molar-refractivity contribution in [2.24, 2.45) is 0 Å². The van der Waals surface area contributed by atoms with E-state index in [1.165, 1.54) is 5.56 Å². The second-order valence-corrected chi connectivity index (χ2v) is 6.08. The van der Waals surface area contributed by atoms with Gasteiger partial charge in [0.05, 0.1) is 0 Å². The molecule has 0 bridgehead atoms. The quantitative estimate of drug-likeness (QED) is 0.809. The van der Waals surface area contributed by atoms with E-state index in [9.17, 15) is 4.79 Å². The number of carbonyl (C=O) groups is 1. The maximum atomic E-state index is 12.7. The van der Waals surface area contributed by atoms with Crippen LogP contribution in [0.3, 0.4) is 0 Å². The van der Waals surface area contributed by atoms with E-state index in [4.69, 9.17) is 0 Å². The lowest BCUT2D eigenvalue weighted by Gasteiger charge is -2.22. The topological polar surface area (TPSA) is 23.6 Å². The summed E-state index contributed by atoms with van der Waals surface area (Å²) in [5.41, 5.74) is 3.06. The summed E-state index contributed by atoms with van der Waals surface area (Å²) >= 11 is 1.67. The fourth-order valence-corrected chi connectivity index (χ4v) is 2.87. The predicted molar refractivity (Wildman–Crippen MR) is 90.1 cm³/mol. The minimum absolute atomic E-state index is 0.105. The van der Waals surface area contributed by atoms with Crippen LogP contribution in [-0.2, 0) is 6.54 Å². The zero-order valence-corrected chi connectivity index (χ0v) is 13.7. The number of hydrogen-bond acceptors (Lipinski definition) is 3. The Labute approximate surface area is 130 Å². The second kappa shape index (κ2) is 7.27. The molecule has 0 aliphatic carbocycles. The van der Waals surface area contributed by atoms with Crippen LogP contribution >= 0.6 is 11.3 Å². The van der Waals surface area contributed by atoms with Crippen molar-refractivity contribution in [3.05, 3.63) is 52.2 Å². The third kappa shape index (κ3) is 4.08. The lowest BCUT2D eigenvalue weighted by atomic mass is 10.1. The summed E-state index contributed by atoms with van der Waals surface area (Å²) in [6.45, 7) is 3.57. The third-order valence-corrected chi connectivity index (χ3v) is 4.10. The van der Waals surface area contributed by atoms with E-state index in [0.29, 0.717) is 6.54 Å². The molecule has 0 unspecified atom stereocenters. The fraction of sp³-hybridized carbons (Fsp3) is 0.353. The molecule has 1 amide bonds. The summed E-state index contributed by atoms with van der Waals surface area (Å²) in [5.74, 6) is 0.105. The van der Waals surface area contributed by atoms with Gasteiger partial charge in [0, 0.05) is 38.4 Å². The first-order chi connectivity index (χ1) is 10.1. The summed E-state index contributed by atoms with van der Waals surface area (Å²) in [5, 5.41) is 4.15. The van der Waals surface area contributed by atoms with Crippen molar-refractivity contribution in [3.63, 3.8) is 0 Å². The minimum Gasteiger partial charge on any atom is -0.378 e. The number of benzene rings is 1. The molecule has 0 N–H and O–H groups in total. The number of nitrogens with zero attached hydrogens (tertiary/aromatic N) is 2. The summed E-state index contributed by atoms with van der Waals surface area (Å²) in [4.78, 5) is 16.6. The van der Waals surface area contributed by atoms with Gasteiger partial charge in [-0.1, -0.05) is 6.92 Å². The third-order valence-electron chi connectivity index (χ3n) is 3.36. The van der Waals surface area contributed by atoms with Crippen molar-refractivity contribution in [2.45, 2.75) is 19.9 Å². The van der Waals surface area contributed by atoms with Crippen molar-refractivity contribution in [1.82, 2.24) is 4.90 Å². The van der Waals surface area contributed by atoms with E-state index in [1.54, 1.807) is 11.3 Å². The molecule has 2 rings (SSSR count). The molecule has 0 atom stereocenters. The Bertz CT molecular complexity index is 561. The molecule has 1 aromatic carbocycles. The van der Waals surface area contributed by atoms with Crippen molar-refractivity contribution < 1.29 is 4.79 Å². The van der Waals surface area contributed by atoms with Crippen LogP contribution in [0.15, 0.2) is 41.1 Å². The lowest BCUT2D eigenvalue weighted by Crippen LogP contribution is -2.31. The smallest absolute Gasteiger partial charge is 0.254 e. The standard InChI is InChI=1S/C17H22N2OS/c1-4-10-19(12-14-9-11-21-13-14)17(20)15-5-7-16(8-6-15)18(2)3/h5-9,11,13H,4,10,12H2,1-3H3. The van der Waals surface area contributed by atoms with Crippen LogP contribution in [0.25, 0.3) is 0 Å². The summed E-state index contributed by atoms with van der Waals surface area (Å²) < 4.78 is 0. The molecule has 21 heavy (non-hydrogen) atoms. The molecule has 4 heteroatoms. The molecule has 2 aromatic rings. The summed E-state index contributed by atoms with van der Waals surface area (Å²) in [6, 6.07) is 9.88. The van der Waals surface area contributed by atoms with Crippen LogP contribution in [0.4, 0.5) is 5.69 Å². The molecule has 0 spiro atoms. The maximum Gasteiger partial charge on any atom is 0.254 e. The minimum atomic E-state index is 0.105. The van der Waals surface area contributed by atoms with Gasteiger partial charge in [-0.25, -0.2) is 0 Å². The highest BCUT2D eigenvalue weighted by atomic mass is 32.1. The Morgan fingerprint density at radius 1 is 1.14 bits per heavy atom. The number of amides is 1. The Kier molecular flexibility index (Phi) is 5.39. The highest BCUT2D eigenvalue weighted by Crippen LogP contribution is 2.16. The molecule has 0 radical (unpaired) electrons. The average Bonchev–Trinajstić information content (AvgIpc) is 2.99. The first-order valence-corrected chi connectivity index (χ1v) is 8.14. The van der Waals surface area contributed by atoms with Crippen LogP contribution in [0.2, 0.25) is 0 Å². The Morgan fingerprint density at radius 3 is 2.38 bits per heavy atom. The molecule has 0 saturated carbocycles. The van der Waals surface area contributed by atoms with Crippen molar-refractivity contribution in [1.29, 1.82) is 0 Å². The molecule has 1 heterocycles. The van der Waals surface area contributed by atoms with Gasteiger partial charge in [-0.2, -0.15) is 11.3 Å². The maximum absolute atomic E-state index is 12.7. The monoisotopic (exact) mass is 302 g/mol. The molecule has 0 aliphatic heterocycles. The van der Waals surface area contributed by atoms with Gasteiger partial charge in [0.25, 0.3) is 5.91 Å². The highest BCUT2D eigenvalue weighted by Gasteiger charge is 2.15. The molecular weight excluding hydrogens is 280 g/mol. The molecule has 0 saturated heterocycles. The molecule has 0 aliphatic rings. The van der Waals surface area contributed by atoms with Gasteiger partial charge in [-0.05, 0) is 53.1 Å². The Balaban J connectivity index is 2.13. The van der Waals surface area contributed by atoms with E-state index in [-0.39, 0.29) is 5.91 Å². The molecular formula is C17H22N2OS. The van der Waals surface area contributed by atoms with Crippen molar-refractivity contribution in [3.8, 4) is 0 Å². The van der Waals surface area contributed by atoms with Gasteiger partial charge < -0.3 is 9.80 Å². The van der Waals surface area contributed by atoms with E-state index in [2.05, 4.69) is 23.8 Å². The Morgan fingerprint density at radius 2 is 1.86 bits per heavy atom. The molecule has 3 nitrogen and oxygen atoms in total. The fourth-order valence-electron chi connectivity index (χ4n) is 2.21. The summed E-state index contributed by atoms with van der Waals surface area (Å²) in [7, 11) is 3.99. The highest BCUT2D eigenvalue weighted by molar-refractivity contribution is 7.07. The zero-order valence-electron chi connectivity index (χ0n) is 12.9. The van der Waals surface area contributed by atoms with Gasteiger partial charge in [-0.15, -0.1) is 0 Å². The number of thiophene rings is 1. The molecule has 112 valence electrons. The van der Waals surface area contributed by atoms with Crippen molar-refractivity contribution in [2.75, 3.05) is 25.5 Å². The predicted octanol–water partition coefficient (Wildman–Crippen LogP) is 3.87. The van der Waals surface area contributed by atoms with Crippen LogP contribution in [0.5, 0.6) is 0 Å². The van der Waals surface area contributed by atoms with E-state index >= 15 is 0 Å². The number of anilines is 1. The van der Waals surface area contributed by atoms with Crippen LogP contribution in [0.1, 0.15) is 29.3 Å². The van der Waals surface area contributed by atoms with E-state index in [0.717, 1.165) is 24.2 Å². The summed E-state index contributed by atoms with van der Waals surface area (Å²) in [6.07, 6.45) is 0.964. The molecule has 1 aromatic heterocycles. The SMILES string of the molecule is CCCN(Cc1ccsc1)C(=O)c1ccc(N(C)C)cc1. The normalized spacial score (nSPS) is 10.4. The van der Waals surface area contributed by atoms with Gasteiger partial charge >= 0.3 is 0 Å². The first kappa shape index (κ1) is 15.6. The largest absolute Gasteiger partial charge is 0.378 e. The van der Waals surface area contributed by atoms with Gasteiger partial charge in [0.15, 0.2) is 0 Å². The zero-order chi connectivity index (χ0) is 15.2. The Hall–Kier alpha value is -1.81.